The molecule has 0 saturated heterocycles. The predicted octanol–water partition coefficient (Wildman–Crippen LogP) is 4.90. The van der Waals surface area contributed by atoms with Crippen LogP contribution in [0.15, 0.2) is 0 Å². The largest absolute Gasteiger partial charge is 0.455 e. The van der Waals surface area contributed by atoms with E-state index in [1.807, 2.05) is 0 Å². The molecule has 82 valence electrons. The van der Waals surface area contributed by atoms with Crippen LogP contribution in [0.2, 0.25) is 0 Å². The van der Waals surface area contributed by atoms with Crippen LogP contribution in [0.3, 0.4) is 0 Å². The quantitative estimate of drug-likeness (QED) is 0.518. The summed E-state index contributed by atoms with van der Waals surface area (Å²) in [5, 5.41) is 0. The number of hydrogen-bond acceptors (Lipinski definition) is 2. The lowest BCUT2D eigenvalue weighted by atomic mass is 11.6. The van der Waals surface area contributed by atoms with Crippen molar-refractivity contribution in [2.24, 2.45) is 0 Å². The highest BCUT2D eigenvalue weighted by Gasteiger charge is 2.49. The molecule has 0 heterocycles. The summed E-state index contributed by atoms with van der Waals surface area (Å²) >= 11 is 0. The van der Waals surface area contributed by atoms with Crippen LogP contribution >= 0.6 is 30.5 Å². The molecule has 0 unspecified atom stereocenters. The molecule has 11 heteroatoms. The first-order valence-corrected chi connectivity index (χ1v) is 6.28. The van der Waals surface area contributed by atoms with Gasteiger partial charge in [0.2, 0.25) is 0 Å². The van der Waals surface area contributed by atoms with E-state index in [4.69, 9.17) is 0 Å². The summed E-state index contributed by atoms with van der Waals surface area (Å²) in [6, 6.07) is 0. The normalized spacial score (nSPS) is 16.0. The van der Waals surface area contributed by atoms with E-state index in [2.05, 4.69) is 0 Å². The van der Waals surface area contributed by atoms with Crippen LogP contribution < -0.4 is 0 Å². The lowest BCUT2D eigenvalue weighted by Crippen LogP contribution is -2.04. The van der Waals surface area contributed by atoms with Crippen molar-refractivity contribution < 1.29 is 34.1 Å². The van der Waals surface area contributed by atoms with E-state index in [-0.39, 0.29) is 0 Å². The molecule has 0 atom stereocenters. The SMILES string of the molecule is FC(F)(F)SS(F)(F)SC(F)(F)F. The van der Waals surface area contributed by atoms with Crippen LogP contribution in [0, 0.1) is 0 Å². The third-order valence-corrected chi connectivity index (χ3v) is 4.67. The van der Waals surface area contributed by atoms with Gasteiger partial charge < -0.3 is 0 Å². The zero-order valence-electron chi connectivity index (χ0n) is 5.25. The zero-order chi connectivity index (χ0) is 10.9. The molecule has 0 amide bonds. The Bertz CT molecular complexity index is 149. The summed E-state index contributed by atoms with van der Waals surface area (Å²) in [4.78, 5) is 0. The second kappa shape index (κ2) is 3.93. The Labute approximate surface area is 76.1 Å². The van der Waals surface area contributed by atoms with Crippen molar-refractivity contribution >= 4 is 30.5 Å². The maximum Gasteiger partial charge on any atom is 0.455 e. The number of alkyl halides is 6. The van der Waals surface area contributed by atoms with Gasteiger partial charge in [0.15, 0.2) is 8.86 Å². The van der Waals surface area contributed by atoms with Crippen molar-refractivity contribution in [2.75, 3.05) is 0 Å². The van der Waals surface area contributed by atoms with Gasteiger partial charge in [0.1, 0.15) is 0 Å². The van der Waals surface area contributed by atoms with Gasteiger partial charge in [-0.25, -0.2) is 0 Å². The van der Waals surface area contributed by atoms with Gasteiger partial charge in [0, 0.05) is 0 Å². The van der Waals surface area contributed by atoms with Crippen molar-refractivity contribution in [3.63, 3.8) is 0 Å². The first-order valence-electron chi connectivity index (χ1n) is 2.18. The van der Waals surface area contributed by atoms with Crippen LogP contribution in [0.1, 0.15) is 0 Å². The summed E-state index contributed by atoms with van der Waals surface area (Å²) < 4.78 is 91.5. The molecule has 0 rings (SSSR count). The standard InChI is InChI=1S/C2F8S3/c3-1(4,5)11-13(9,10)12-2(6,7)8. The molecular weight excluding hydrogens is 272 g/mol. The minimum absolute atomic E-state index is 1.92. The maximum absolute atomic E-state index is 12.0. The Morgan fingerprint density at radius 2 is 0.923 bits per heavy atom. The number of hydrogen-bond donors (Lipinski definition) is 0. The van der Waals surface area contributed by atoms with Gasteiger partial charge in [-0.05, 0) is 0 Å². The Morgan fingerprint density at radius 3 is 1.08 bits per heavy atom. The molecule has 0 bridgehead atoms. The van der Waals surface area contributed by atoms with E-state index in [9.17, 15) is 34.1 Å². The van der Waals surface area contributed by atoms with E-state index in [1.165, 1.54) is 0 Å². The summed E-state index contributed by atoms with van der Waals surface area (Å²) in [6.45, 7) is 0. The van der Waals surface area contributed by atoms with Crippen LogP contribution in [0.25, 0.3) is 0 Å². The first-order chi connectivity index (χ1) is 5.41. The molecule has 0 spiro atoms. The van der Waals surface area contributed by atoms with Crippen LogP contribution in [0.5, 0.6) is 0 Å². The van der Waals surface area contributed by atoms with Gasteiger partial charge in [0.25, 0.3) is 0 Å². The van der Waals surface area contributed by atoms with Crippen molar-refractivity contribution in [1.29, 1.82) is 0 Å². The summed E-state index contributed by atoms with van der Waals surface area (Å²) in [5.41, 5.74) is -10.7. The first kappa shape index (κ1) is 13.5. The molecule has 0 aliphatic carbocycles. The molecule has 0 aromatic rings. The van der Waals surface area contributed by atoms with E-state index in [0.29, 0.717) is 0 Å². The predicted molar refractivity (Wildman–Crippen MR) is 37.1 cm³/mol. The van der Waals surface area contributed by atoms with Gasteiger partial charge in [-0.3, -0.25) is 0 Å². The third-order valence-electron chi connectivity index (χ3n) is 0.383. The molecule has 0 aromatic carbocycles. The minimum atomic E-state index is -5.81. The Balaban J connectivity index is 4.25. The van der Waals surface area contributed by atoms with Gasteiger partial charge in [-0.1, -0.05) is 0 Å². The summed E-state index contributed by atoms with van der Waals surface area (Å²) in [6.07, 6.45) is 0. The molecule has 13 heavy (non-hydrogen) atoms. The van der Waals surface area contributed by atoms with Crippen molar-refractivity contribution in [3.8, 4) is 0 Å². The van der Waals surface area contributed by atoms with Crippen molar-refractivity contribution in [3.05, 3.63) is 0 Å². The monoisotopic (exact) mass is 272 g/mol. The fraction of sp³-hybridized carbons (Fsp3) is 1.00. The number of halogens is 8. The molecule has 0 aromatic heterocycles. The molecule has 0 radical (unpaired) electrons. The van der Waals surface area contributed by atoms with E-state index >= 15 is 0 Å². The Morgan fingerprint density at radius 1 is 0.692 bits per heavy atom. The molecule has 0 N–H and O–H groups in total. The highest BCUT2D eigenvalue weighted by atomic mass is 33.6. The highest BCUT2D eigenvalue weighted by molar-refractivity contribution is 9.21. The molecule has 0 saturated carbocycles. The fourth-order valence-electron chi connectivity index (χ4n) is 0.237. The molecule has 0 aliphatic heterocycles. The van der Waals surface area contributed by atoms with Crippen LogP contribution in [-0.2, 0) is 0 Å². The van der Waals surface area contributed by atoms with Gasteiger partial charge in [-0.2, -0.15) is 26.3 Å². The molecule has 0 aliphatic rings. The maximum atomic E-state index is 12.0. The van der Waals surface area contributed by atoms with Crippen molar-refractivity contribution in [2.45, 2.75) is 11.0 Å². The van der Waals surface area contributed by atoms with Gasteiger partial charge in [0.05, 0.1) is 21.6 Å². The molecular formula is C2F8S3. The Kier molecular flexibility index (Phi) is 4.08. The second-order valence-electron chi connectivity index (χ2n) is 1.44. The average molecular weight is 272 g/mol. The van der Waals surface area contributed by atoms with Gasteiger partial charge in [-0.15, -0.1) is 7.77 Å². The van der Waals surface area contributed by atoms with Crippen molar-refractivity contribution in [1.82, 2.24) is 0 Å². The van der Waals surface area contributed by atoms with E-state index < -0.39 is 41.5 Å². The van der Waals surface area contributed by atoms with Crippen LogP contribution in [-0.4, -0.2) is 11.0 Å². The zero-order valence-corrected chi connectivity index (χ0v) is 7.70. The van der Waals surface area contributed by atoms with Gasteiger partial charge >= 0.3 is 11.0 Å². The molecule has 0 fully saturated rings. The fourth-order valence-corrected chi connectivity index (χ4v) is 3.83. The minimum Gasteiger partial charge on any atom is -0.159 e. The topological polar surface area (TPSA) is 0 Å². The lowest BCUT2D eigenvalue weighted by molar-refractivity contribution is -0.0313. The molecule has 0 nitrogen and oxygen atoms in total. The third kappa shape index (κ3) is 8.81. The number of rotatable bonds is 2. The smallest absolute Gasteiger partial charge is 0.159 e. The summed E-state index contributed by atoms with van der Waals surface area (Å²) in [7, 11) is -9.66. The van der Waals surface area contributed by atoms with Crippen LogP contribution in [0.4, 0.5) is 34.1 Å². The lowest BCUT2D eigenvalue weighted by Gasteiger charge is -2.20. The highest BCUT2D eigenvalue weighted by Crippen LogP contribution is 2.79. The van der Waals surface area contributed by atoms with E-state index in [1.54, 1.807) is 0 Å². The average Bonchev–Trinajstić information content (AvgIpc) is 1.43. The summed E-state index contributed by atoms with van der Waals surface area (Å²) in [5.74, 6) is 0. The Hall–Kier alpha value is 0.490. The van der Waals surface area contributed by atoms with E-state index in [0.717, 1.165) is 0 Å². The second-order valence-corrected chi connectivity index (χ2v) is 7.60.